The maximum atomic E-state index is 12.5. The Hall–Kier alpha value is -1.80. The van der Waals surface area contributed by atoms with Crippen LogP contribution in [0, 0.1) is 6.92 Å². The van der Waals surface area contributed by atoms with E-state index < -0.39 is 10.0 Å². The van der Waals surface area contributed by atoms with Crippen molar-refractivity contribution in [2.75, 3.05) is 4.72 Å². The second-order valence-electron chi connectivity index (χ2n) is 5.42. The summed E-state index contributed by atoms with van der Waals surface area (Å²) < 4.78 is 31.1. The van der Waals surface area contributed by atoms with Crippen molar-refractivity contribution in [3.63, 3.8) is 0 Å². The molecule has 0 radical (unpaired) electrons. The molecular formula is C13H19N5O2S. The second kappa shape index (κ2) is 4.88. The van der Waals surface area contributed by atoms with Crippen LogP contribution in [0.5, 0.6) is 0 Å². The van der Waals surface area contributed by atoms with Crippen molar-refractivity contribution < 1.29 is 8.42 Å². The van der Waals surface area contributed by atoms with E-state index in [1.807, 2.05) is 4.57 Å². The zero-order valence-corrected chi connectivity index (χ0v) is 12.9. The number of aryl methyl sites for hydroxylation is 2. The summed E-state index contributed by atoms with van der Waals surface area (Å²) >= 11 is 0. The molecule has 0 unspecified atom stereocenters. The van der Waals surface area contributed by atoms with Gasteiger partial charge in [-0.25, -0.2) is 8.42 Å². The minimum atomic E-state index is -3.62. The van der Waals surface area contributed by atoms with Gasteiger partial charge in [-0.05, 0) is 25.8 Å². The Kier molecular flexibility index (Phi) is 3.29. The zero-order valence-electron chi connectivity index (χ0n) is 12.1. The topological polar surface area (TPSA) is 94.9 Å². The summed E-state index contributed by atoms with van der Waals surface area (Å²) in [7, 11) is -1.87. The van der Waals surface area contributed by atoms with Crippen molar-refractivity contribution in [1.29, 1.82) is 0 Å². The van der Waals surface area contributed by atoms with Gasteiger partial charge in [0.1, 0.15) is 4.90 Å². The molecule has 0 saturated heterocycles. The number of sulfonamides is 1. The SMILES string of the molecule is Cc1nn(C)cc1NS(=O)(=O)c1cc(CN)n(C2CC2)c1. The summed E-state index contributed by atoms with van der Waals surface area (Å²) in [5, 5.41) is 4.13. The third kappa shape index (κ3) is 2.68. The van der Waals surface area contributed by atoms with Crippen LogP contribution in [0.2, 0.25) is 0 Å². The molecule has 114 valence electrons. The Morgan fingerprint density at radius 1 is 1.43 bits per heavy atom. The van der Waals surface area contributed by atoms with Gasteiger partial charge < -0.3 is 10.3 Å². The maximum Gasteiger partial charge on any atom is 0.263 e. The highest BCUT2D eigenvalue weighted by molar-refractivity contribution is 7.92. The predicted molar refractivity (Wildman–Crippen MR) is 79.3 cm³/mol. The fraction of sp³-hybridized carbons (Fsp3) is 0.462. The first-order valence-corrected chi connectivity index (χ1v) is 8.33. The molecule has 8 heteroatoms. The number of nitrogens with one attached hydrogen (secondary N) is 1. The average molecular weight is 309 g/mol. The number of hydrogen-bond donors (Lipinski definition) is 2. The summed E-state index contributed by atoms with van der Waals surface area (Å²) in [6.07, 6.45) is 5.48. The molecule has 1 aliphatic rings. The van der Waals surface area contributed by atoms with Gasteiger partial charge in [-0.1, -0.05) is 0 Å². The fourth-order valence-electron chi connectivity index (χ4n) is 2.40. The first kappa shape index (κ1) is 14.2. The smallest absolute Gasteiger partial charge is 0.263 e. The molecule has 1 fully saturated rings. The van der Waals surface area contributed by atoms with Gasteiger partial charge in [0, 0.05) is 37.7 Å². The van der Waals surface area contributed by atoms with Crippen LogP contribution in [0.1, 0.15) is 30.3 Å². The zero-order chi connectivity index (χ0) is 15.2. The number of nitrogens with zero attached hydrogens (tertiary/aromatic N) is 3. The third-order valence-electron chi connectivity index (χ3n) is 3.62. The molecule has 0 aliphatic heterocycles. The van der Waals surface area contributed by atoms with Crippen molar-refractivity contribution in [2.45, 2.75) is 37.2 Å². The molecule has 2 heterocycles. The number of rotatable bonds is 5. The summed E-state index contributed by atoms with van der Waals surface area (Å²) in [5.74, 6) is 0. The van der Waals surface area contributed by atoms with Gasteiger partial charge in [0.2, 0.25) is 0 Å². The lowest BCUT2D eigenvalue weighted by molar-refractivity contribution is 0.600. The van der Waals surface area contributed by atoms with Crippen molar-refractivity contribution in [3.05, 3.63) is 29.8 Å². The van der Waals surface area contributed by atoms with Crippen molar-refractivity contribution >= 4 is 15.7 Å². The number of hydrogen-bond acceptors (Lipinski definition) is 4. The van der Waals surface area contributed by atoms with Crippen LogP contribution in [0.3, 0.4) is 0 Å². The minimum Gasteiger partial charge on any atom is -0.346 e. The molecule has 0 aromatic carbocycles. The summed E-state index contributed by atoms with van der Waals surface area (Å²) in [5.41, 5.74) is 7.68. The number of aromatic nitrogens is 3. The maximum absolute atomic E-state index is 12.5. The number of nitrogens with two attached hydrogens (primary N) is 1. The van der Waals surface area contributed by atoms with E-state index in [0.29, 0.717) is 24.0 Å². The van der Waals surface area contributed by atoms with Crippen LogP contribution in [0.4, 0.5) is 5.69 Å². The monoisotopic (exact) mass is 309 g/mol. The first-order valence-electron chi connectivity index (χ1n) is 6.84. The predicted octanol–water partition coefficient (Wildman–Crippen LogP) is 1.12. The molecule has 0 bridgehead atoms. The first-order chi connectivity index (χ1) is 9.90. The number of anilines is 1. The molecule has 7 nitrogen and oxygen atoms in total. The van der Waals surface area contributed by atoms with Crippen molar-refractivity contribution in [3.8, 4) is 0 Å². The van der Waals surface area contributed by atoms with Gasteiger partial charge in [0.15, 0.2) is 0 Å². The normalized spacial score (nSPS) is 15.4. The highest BCUT2D eigenvalue weighted by Crippen LogP contribution is 2.37. The third-order valence-corrected chi connectivity index (χ3v) is 4.96. The van der Waals surface area contributed by atoms with Gasteiger partial charge >= 0.3 is 0 Å². The summed E-state index contributed by atoms with van der Waals surface area (Å²) in [6, 6.07) is 2.04. The Morgan fingerprint density at radius 2 is 2.14 bits per heavy atom. The highest BCUT2D eigenvalue weighted by atomic mass is 32.2. The van der Waals surface area contributed by atoms with Crippen LogP contribution < -0.4 is 10.5 Å². The van der Waals surface area contributed by atoms with E-state index in [1.165, 1.54) is 0 Å². The molecular weight excluding hydrogens is 290 g/mol. The summed E-state index contributed by atoms with van der Waals surface area (Å²) in [4.78, 5) is 0.248. The molecule has 0 atom stereocenters. The molecule has 2 aromatic rings. The molecule has 0 amide bonds. The van der Waals surface area contributed by atoms with Gasteiger partial charge in [-0.3, -0.25) is 9.40 Å². The van der Waals surface area contributed by atoms with Gasteiger partial charge in [-0.2, -0.15) is 5.10 Å². The quantitative estimate of drug-likeness (QED) is 0.865. The summed E-state index contributed by atoms with van der Waals surface area (Å²) in [6.45, 7) is 2.09. The lowest BCUT2D eigenvalue weighted by atomic mass is 10.4. The second-order valence-corrected chi connectivity index (χ2v) is 7.10. The highest BCUT2D eigenvalue weighted by Gasteiger charge is 2.28. The van der Waals surface area contributed by atoms with Gasteiger partial charge in [0.05, 0.1) is 11.4 Å². The van der Waals surface area contributed by atoms with Crippen LogP contribution in [0.25, 0.3) is 0 Å². The van der Waals surface area contributed by atoms with E-state index in [4.69, 9.17) is 5.73 Å². The molecule has 3 N–H and O–H groups in total. The lowest BCUT2D eigenvalue weighted by Gasteiger charge is -2.05. The van der Waals surface area contributed by atoms with E-state index in [1.54, 1.807) is 37.1 Å². The van der Waals surface area contributed by atoms with Crippen molar-refractivity contribution in [2.24, 2.45) is 12.8 Å². The van der Waals surface area contributed by atoms with Crippen LogP contribution in [0.15, 0.2) is 23.4 Å². The Labute approximate surface area is 123 Å². The molecule has 0 spiro atoms. The molecule has 21 heavy (non-hydrogen) atoms. The molecule has 1 saturated carbocycles. The van der Waals surface area contributed by atoms with Crippen molar-refractivity contribution in [1.82, 2.24) is 14.3 Å². The van der Waals surface area contributed by atoms with E-state index in [2.05, 4.69) is 9.82 Å². The Bertz CT molecular complexity index is 771. The largest absolute Gasteiger partial charge is 0.346 e. The van der Waals surface area contributed by atoms with E-state index in [0.717, 1.165) is 18.5 Å². The van der Waals surface area contributed by atoms with Crippen LogP contribution in [-0.4, -0.2) is 22.8 Å². The average Bonchev–Trinajstić information content (AvgIpc) is 3.07. The van der Waals surface area contributed by atoms with E-state index in [-0.39, 0.29) is 4.90 Å². The molecule has 2 aromatic heterocycles. The van der Waals surface area contributed by atoms with Crippen LogP contribution >= 0.6 is 0 Å². The van der Waals surface area contributed by atoms with Crippen LogP contribution in [-0.2, 0) is 23.6 Å². The van der Waals surface area contributed by atoms with E-state index in [9.17, 15) is 8.42 Å². The lowest BCUT2D eigenvalue weighted by Crippen LogP contribution is -2.12. The minimum absolute atomic E-state index is 0.248. The van der Waals surface area contributed by atoms with E-state index >= 15 is 0 Å². The molecule has 3 rings (SSSR count). The Morgan fingerprint density at radius 3 is 2.67 bits per heavy atom. The molecule has 1 aliphatic carbocycles. The van der Waals surface area contributed by atoms with Gasteiger partial charge in [0.25, 0.3) is 10.0 Å². The Balaban J connectivity index is 1.93. The fourth-order valence-corrected chi connectivity index (χ4v) is 3.55. The van der Waals surface area contributed by atoms with Gasteiger partial charge in [-0.15, -0.1) is 0 Å². The standard InChI is InChI=1S/C13H19N5O2S/c1-9-13(8-17(2)15-9)16-21(19,20)12-5-11(6-14)18(7-12)10-3-4-10/h5,7-8,10,16H,3-4,6,14H2,1-2H3.